The zero-order valence-corrected chi connectivity index (χ0v) is 10.9. The molecule has 1 fully saturated rings. The Balaban J connectivity index is 2.53. The quantitative estimate of drug-likeness (QED) is 0.784. The summed E-state index contributed by atoms with van der Waals surface area (Å²) in [5, 5.41) is 0. The highest BCUT2D eigenvalue weighted by atomic mass is 19.4. The fraction of sp³-hybridized carbons (Fsp3) is 0.385. The largest absolute Gasteiger partial charge is 0.418 e. The third kappa shape index (κ3) is 2.13. The zero-order chi connectivity index (χ0) is 15.1. The summed E-state index contributed by atoms with van der Waals surface area (Å²) >= 11 is 0. The number of alkyl halides is 3. The van der Waals surface area contributed by atoms with Gasteiger partial charge in [-0.3, -0.25) is 4.79 Å². The van der Waals surface area contributed by atoms with Gasteiger partial charge in [-0.25, -0.2) is 9.69 Å². The van der Waals surface area contributed by atoms with Crippen molar-refractivity contribution < 1.29 is 22.8 Å². The van der Waals surface area contributed by atoms with Crippen LogP contribution in [0.1, 0.15) is 18.9 Å². The number of anilines is 1. The molecule has 1 aromatic rings. The van der Waals surface area contributed by atoms with E-state index in [1.807, 2.05) is 0 Å². The molecule has 0 N–H and O–H groups in total. The molecule has 3 amide bonds. The maximum Gasteiger partial charge on any atom is 0.418 e. The number of likely N-dealkylation sites (N-methyl/N-ethyl adjacent to an activating group) is 1. The molecular formula is C13H13F3N2O2. The number of halogens is 3. The lowest BCUT2D eigenvalue weighted by Crippen LogP contribution is -2.33. The van der Waals surface area contributed by atoms with Crippen molar-refractivity contribution in [3.8, 4) is 0 Å². The molecule has 1 unspecified atom stereocenters. The van der Waals surface area contributed by atoms with Crippen LogP contribution in [0.2, 0.25) is 0 Å². The number of hydrogen-bond donors (Lipinski definition) is 0. The highest BCUT2D eigenvalue weighted by Crippen LogP contribution is 2.38. The molecular weight excluding hydrogens is 273 g/mol. The minimum absolute atomic E-state index is 0.353. The Labute approximate surface area is 113 Å². The number of nitrogens with zero attached hydrogens (tertiary/aromatic N) is 2. The van der Waals surface area contributed by atoms with E-state index in [9.17, 15) is 22.8 Å². The Morgan fingerprint density at radius 1 is 1.20 bits per heavy atom. The number of imide groups is 1. The van der Waals surface area contributed by atoms with Crippen LogP contribution in [0.3, 0.4) is 0 Å². The van der Waals surface area contributed by atoms with E-state index in [1.165, 1.54) is 19.2 Å². The summed E-state index contributed by atoms with van der Waals surface area (Å²) in [7, 11) is 1.41. The van der Waals surface area contributed by atoms with E-state index in [4.69, 9.17) is 0 Å². The molecule has 2 rings (SSSR count). The van der Waals surface area contributed by atoms with Crippen LogP contribution >= 0.6 is 0 Å². The van der Waals surface area contributed by atoms with E-state index in [2.05, 4.69) is 0 Å². The fourth-order valence-corrected chi connectivity index (χ4v) is 2.28. The molecule has 0 radical (unpaired) electrons. The average molecular weight is 286 g/mol. The van der Waals surface area contributed by atoms with Crippen molar-refractivity contribution in [1.82, 2.24) is 4.90 Å². The SMILES string of the molecule is CCC1C(=O)N(c2ccccc2C(F)(F)F)C(=O)N1C. The number of hydrogen-bond acceptors (Lipinski definition) is 2. The Bertz CT molecular complexity index is 557. The van der Waals surface area contributed by atoms with E-state index in [1.54, 1.807) is 6.92 Å². The van der Waals surface area contributed by atoms with Crippen LogP contribution in [0.4, 0.5) is 23.7 Å². The molecule has 1 aliphatic heterocycles. The molecule has 0 aromatic heterocycles. The van der Waals surface area contributed by atoms with E-state index < -0.39 is 35.4 Å². The first-order chi connectivity index (χ1) is 9.29. The first-order valence-electron chi connectivity index (χ1n) is 6.06. The fourth-order valence-electron chi connectivity index (χ4n) is 2.28. The van der Waals surface area contributed by atoms with E-state index >= 15 is 0 Å². The number of para-hydroxylation sites is 1. The second-order valence-corrected chi connectivity index (χ2v) is 4.51. The Hall–Kier alpha value is -2.05. The van der Waals surface area contributed by atoms with Gasteiger partial charge in [0.2, 0.25) is 0 Å². The summed E-state index contributed by atoms with van der Waals surface area (Å²) in [4.78, 5) is 25.9. The lowest BCUT2D eigenvalue weighted by molar-refractivity contribution is -0.137. The number of rotatable bonds is 2. The Morgan fingerprint density at radius 2 is 1.80 bits per heavy atom. The van der Waals surface area contributed by atoms with Crippen molar-refractivity contribution in [3.63, 3.8) is 0 Å². The van der Waals surface area contributed by atoms with Crippen molar-refractivity contribution >= 4 is 17.6 Å². The number of amides is 3. The van der Waals surface area contributed by atoms with Crippen molar-refractivity contribution in [2.45, 2.75) is 25.6 Å². The van der Waals surface area contributed by atoms with E-state index in [0.29, 0.717) is 11.3 Å². The third-order valence-corrected chi connectivity index (χ3v) is 3.30. The van der Waals surface area contributed by atoms with Crippen LogP contribution in [0.15, 0.2) is 24.3 Å². The molecule has 0 saturated carbocycles. The lowest BCUT2D eigenvalue weighted by Gasteiger charge is -2.19. The van der Waals surface area contributed by atoms with Crippen LogP contribution in [-0.4, -0.2) is 29.9 Å². The molecule has 1 atom stereocenters. The molecule has 20 heavy (non-hydrogen) atoms. The molecule has 1 saturated heterocycles. The van der Waals surface area contributed by atoms with Crippen molar-refractivity contribution in [1.29, 1.82) is 0 Å². The van der Waals surface area contributed by atoms with Gasteiger partial charge in [-0.05, 0) is 18.6 Å². The van der Waals surface area contributed by atoms with Crippen molar-refractivity contribution in [2.24, 2.45) is 0 Å². The predicted octanol–water partition coefficient (Wildman–Crippen LogP) is 2.88. The van der Waals surface area contributed by atoms with E-state index in [-0.39, 0.29) is 0 Å². The molecule has 1 aromatic carbocycles. The van der Waals surface area contributed by atoms with Gasteiger partial charge in [-0.1, -0.05) is 19.1 Å². The topological polar surface area (TPSA) is 40.6 Å². The number of carbonyl (C=O) groups excluding carboxylic acids is 2. The number of benzene rings is 1. The third-order valence-electron chi connectivity index (χ3n) is 3.30. The standard InChI is InChI=1S/C13H13F3N2O2/c1-3-9-11(19)18(12(20)17(9)2)10-7-5-4-6-8(10)13(14,15)16/h4-7,9H,3H2,1-2H3. The maximum absolute atomic E-state index is 13.0. The average Bonchev–Trinajstić information content (AvgIpc) is 2.59. The van der Waals surface area contributed by atoms with Gasteiger partial charge in [0.15, 0.2) is 0 Å². The van der Waals surface area contributed by atoms with Crippen LogP contribution in [0.5, 0.6) is 0 Å². The molecule has 1 heterocycles. The highest BCUT2D eigenvalue weighted by Gasteiger charge is 2.46. The second-order valence-electron chi connectivity index (χ2n) is 4.51. The zero-order valence-electron chi connectivity index (χ0n) is 10.9. The minimum Gasteiger partial charge on any atom is -0.315 e. The summed E-state index contributed by atoms with van der Waals surface area (Å²) < 4.78 is 38.9. The highest BCUT2D eigenvalue weighted by molar-refractivity contribution is 6.21. The molecule has 0 spiro atoms. The monoisotopic (exact) mass is 286 g/mol. The molecule has 0 aliphatic carbocycles. The number of carbonyl (C=O) groups is 2. The minimum atomic E-state index is -4.62. The van der Waals surface area contributed by atoms with Crippen molar-refractivity contribution in [3.05, 3.63) is 29.8 Å². The smallest absolute Gasteiger partial charge is 0.315 e. The lowest BCUT2D eigenvalue weighted by atomic mass is 10.1. The van der Waals surface area contributed by atoms with Crippen LogP contribution in [-0.2, 0) is 11.0 Å². The van der Waals surface area contributed by atoms with Crippen molar-refractivity contribution in [2.75, 3.05) is 11.9 Å². The van der Waals surface area contributed by atoms with Gasteiger partial charge in [0.25, 0.3) is 5.91 Å². The summed E-state index contributed by atoms with van der Waals surface area (Å²) in [5.74, 6) is -0.628. The molecule has 7 heteroatoms. The van der Waals surface area contributed by atoms with Crippen LogP contribution in [0.25, 0.3) is 0 Å². The summed E-state index contributed by atoms with van der Waals surface area (Å²) in [6.45, 7) is 1.70. The van der Waals surface area contributed by atoms with Crippen LogP contribution in [0, 0.1) is 0 Å². The molecule has 0 bridgehead atoms. The van der Waals surface area contributed by atoms with Gasteiger partial charge in [0.1, 0.15) is 6.04 Å². The first kappa shape index (κ1) is 14.4. The summed E-state index contributed by atoms with van der Waals surface area (Å²) in [5.41, 5.74) is -1.41. The molecule has 108 valence electrons. The Kier molecular flexibility index (Phi) is 3.45. The van der Waals surface area contributed by atoms with Gasteiger partial charge in [0.05, 0.1) is 11.3 Å². The molecule has 1 aliphatic rings. The summed E-state index contributed by atoms with van der Waals surface area (Å²) in [6.07, 6.45) is -4.27. The summed E-state index contributed by atoms with van der Waals surface area (Å²) in [6, 6.07) is 3.12. The van der Waals surface area contributed by atoms with Gasteiger partial charge in [-0.15, -0.1) is 0 Å². The number of urea groups is 1. The second kappa shape index (κ2) is 4.81. The predicted molar refractivity (Wildman–Crippen MR) is 66.2 cm³/mol. The normalized spacial score (nSPS) is 19.9. The Morgan fingerprint density at radius 3 is 2.30 bits per heavy atom. The van der Waals surface area contributed by atoms with E-state index in [0.717, 1.165) is 17.0 Å². The van der Waals surface area contributed by atoms with Crippen LogP contribution < -0.4 is 4.90 Å². The van der Waals surface area contributed by atoms with Gasteiger partial charge in [-0.2, -0.15) is 13.2 Å². The van der Waals surface area contributed by atoms with Gasteiger partial charge in [0, 0.05) is 7.05 Å². The first-order valence-corrected chi connectivity index (χ1v) is 6.06. The van der Waals surface area contributed by atoms with Gasteiger partial charge < -0.3 is 4.90 Å². The van der Waals surface area contributed by atoms with Gasteiger partial charge >= 0.3 is 12.2 Å². The maximum atomic E-state index is 13.0. The molecule has 4 nitrogen and oxygen atoms in total.